The number of carbonyl (C=O) groups excluding carboxylic acids is 1. The van der Waals surface area contributed by atoms with Crippen molar-refractivity contribution in [3.8, 4) is 34.5 Å². The molecule has 200 valence electrons. The van der Waals surface area contributed by atoms with Crippen LogP contribution in [0.1, 0.15) is 43.4 Å². The molecular formula is C29H27F2N5O3. The van der Waals surface area contributed by atoms with E-state index < -0.39 is 23.3 Å². The number of carbonyl (C=O) groups is 1. The van der Waals surface area contributed by atoms with Crippen LogP contribution in [0.3, 0.4) is 0 Å². The van der Waals surface area contributed by atoms with Gasteiger partial charge in [-0.2, -0.15) is 10.5 Å². The number of ether oxygens (including phenoxy) is 1. The van der Waals surface area contributed by atoms with Crippen LogP contribution in [0.15, 0.2) is 42.5 Å². The largest absolute Gasteiger partial charge is 0.446 e. The van der Waals surface area contributed by atoms with E-state index in [1.807, 2.05) is 4.90 Å². The predicted molar refractivity (Wildman–Crippen MR) is 140 cm³/mol. The highest BCUT2D eigenvalue weighted by Crippen LogP contribution is 2.38. The van der Waals surface area contributed by atoms with E-state index in [4.69, 9.17) is 20.7 Å². The smallest absolute Gasteiger partial charge is 0.404 e. The Kier molecular flexibility index (Phi) is 7.80. The van der Waals surface area contributed by atoms with E-state index in [1.165, 1.54) is 24.3 Å². The van der Waals surface area contributed by atoms with Crippen LogP contribution < -0.4 is 10.6 Å². The summed E-state index contributed by atoms with van der Waals surface area (Å²) in [7, 11) is 0. The van der Waals surface area contributed by atoms with Crippen molar-refractivity contribution in [1.82, 2.24) is 4.98 Å². The van der Waals surface area contributed by atoms with E-state index in [-0.39, 0.29) is 46.0 Å². The van der Waals surface area contributed by atoms with E-state index >= 15 is 4.39 Å². The number of anilines is 1. The fourth-order valence-electron chi connectivity index (χ4n) is 4.75. The van der Waals surface area contributed by atoms with Gasteiger partial charge in [0.2, 0.25) is 0 Å². The van der Waals surface area contributed by atoms with E-state index in [9.17, 15) is 19.6 Å². The van der Waals surface area contributed by atoms with Crippen LogP contribution in [0.25, 0.3) is 22.4 Å². The number of hydrogen-bond donors (Lipinski definition) is 2. The molecular weight excluding hydrogens is 504 g/mol. The number of pyridine rings is 1. The molecule has 1 amide bonds. The van der Waals surface area contributed by atoms with Gasteiger partial charge in [0.15, 0.2) is 0 Å². The molecule has 2 aromatic carbocycles. The molecule has 0 atom stereocenters. The minimum Gasteiger partial charge on any atom is -0.446 e. The molecule has 8 nitrogen and oxygen atoms in total. The van der Waals surface area contributed by atoms with E-state index in [2.05, 4.69) is 6.07 Å². The second-order valence-electron chi connectivity index (χ2n) is 10.1. The van der Waals surface area contributed by atoms with Crippen LogP contribution >= 0.6 is 0 Å². The maximum atomic E-state index is 15.5. The number of amides is 1. The van der Waals surface area contributed by atoms with Gasteiger partial charge in [0.1, 0.15) is 29.6 Å². The SMILES string of the molecule is CC(C)(O)Cc1ccc(-c2c(C#N)cc(N3CCC(OC(N)=O)CC3)nc2-c2ccc(C#N)c(F)c2)c(F)c1. The summed E-state index contributed by atoms with van der Waals surface area (Å²) in [5, 5.41) is 29.4. The van der Waals surface area contributed by atoms with Gasteiger partial charge in [0.25, 0.3) is 0 Å². The minimum absolute atomic E-state index is 0.0958. The molecule has 0 saturated carbocycles. The van der Waals surface area contributed by atoms with Crippen molar-refractivity contribution in [2.45, 2.75) is 44.8 Å². The number of rotatable bonds is 6. The monoisotopic (exact) mass is 531 g/mol. The Morgan fingerprint density at radius 2 is 1.79 bits per heavy atom. The third kappa shape index (κ3) is 6.31. The van der Waals surface area contributed by atoms with Crippen molar-refractivity contribution >= 4 is 11.9 Å². The Hall–Kier alpha value is -4.54. The van der Waals surface area contributed by atoms with Crippen molar-refractivity contribution < 1.29 is 23.4 Å². The molecule has 1 aliphatic heterocycles. The molecule has 1 saturated heterocycles. The summed E-state index contributed by atoms with van der Waals surface area (Å²) < 4.78 is 35.3. The second-order valence-corrected chi connectivity index (χ2v) is 10.1. The number of piperidine rings is 1. The van der Waals surface area contributed by atoms with Crippen LogP contribution in [0, 0.1) is 34.3 Å². The maximum Gasteiger partial charge on any atom is 0.404 e. The molecule has 0 bridgehead atoms. The first-order valence-corrected chi connectivity index (χ1v) is 12.4. The van der Waals surface area contributed by atoms with Gasteiger partial charge in [-0.15, -0.1) is 0 Å². The standard InChI is InChI=1S/C29H27F2N5O3/c1-29(2,38)14-17-3-6-22(24(31)11-17)26-20(16-33)13-25(36-9-7-21(8-10-36)39-28(34)37)35-27(26)18-4-5-19(15-32)23(30)12-18/h3-6,11-13,21,38H,7-10,14H2,1-2H3,(H2,34,37). The number of aromatic nitrogens is 1. The number of nitriles is 2. The predicted octanol–water partition coefficient (Wildman–Crippen LogP) is 4.81. The van der Waals surface area contributed by atoms with Gasteiger partial charge >= 0.3 is 6.09 Å². The summed E-state index contributed by atoms with van der Waals surface area (Å²) in [6, 6.07) is 13.9. The first-order chi connectivity index (χ1) is 18.5. The van der Waals surface area contributed by atoms with Gasteiger partial charge in [0, 0.05) is 49.0 Å². The molecule has 3 aromatic rings. The highest BCUT2D eigenvalue weighted by atomic mass is 19.1. The van der Waals surface area contributed by atoms with E-state index in [1.54, 1.807) is 32.0 Å². The molecule has 2 heterocycles. The first-order valence-electron chi connectivity index (χ1n) is 12.4. The number of halogens is 2. The van der Waals surface area contributed by atoms with Gasteiger partial charge in [0.05, 0.1) is 28.5 Å². The van der Waals surface area contributed by atoms with Crippen molar-refractivity contribution in [3.05, 3.63) is 70.8 Å². The topological polar surface area (TPSA) is 136 Å². The van der Waals surface area contributed by atoms with Crippen LogP contribution in [0.2, 0.25) is 0 Å². The maximum absolute atomic E-state index is 15.5. The first kappa shape index (κ1) is 27.5. The van der Waals surface area contributed by atoms with Gasteiger partial charge in [-0.25, -0.2) is 18.6 Å². The summed E-state index contributed by atoms with van der Waals surface area (Å²) in [6.45, 7) is 4.15. The Morgan fingerprint density at radius 3 is 2.36 bits per heavy atom. The zero-order valence-corrected chi connectivity index (χ0v) is 21.5. The highest BCUT2D eigenvalue weighted by Gasteiger charge is 2.26. The second kappa shape index (κ2) is 11.1. The summed E-state index contributed by atoms with van der Waals surface area (Å²) >= 11 is 0. The highest BCUT2D eigenvalue weighted by molar-refractivity contribution is 5.87. The average Bonchev–Trinajstić information content (AvgIpc) is 2.87. The average molecular weight is 532 g/mol. The third-order valence-electron chi connectivity index (χ3n) is 6.48. The van der Waals surface area contributed by atoms with Gasteiger partial charge in [-0.05, 0) is 43.7 Å². The van der Waals surface area contributed by atoms with E-state index in [0.29, 0.717) is 37.3 Å². The molecule has 39 heavy (non-hydrogen) atoms. The van der Waals surface area contributed by atoms with Gasteiger partial charge < -0.3 is 20.5 Å². The van der Waals surface area contributed by atoms with Gasteiger partial charge in [-0.1, -0.05) is 18.2 Å². The van der Waals surface area contributed by atoms with Crippen molar-refractivity contribution in [3.63, 3.8) is 0 Å². The van der Waals surface area contributed by atoms with E-state index in [0.717, 1.165) is 6.07 Å². The van der Waals surface area contributed by atoms with Crippen molar-refractivity contribution in [1.29, 1.82) is 10.5 Å². The van der Waals surface area contributed by atoms with Crippen LogP contribution in [0.5, 0.6) is 0 Å². The Morgan fingerprint density at radius 1 is 1.10 bits per heavy atom. The van der Waals surface area contributed by atoms with Crippen LogP contribution in [-0.4, -0.2) is 41.0 Å². The molecule has 1 aromatic heterocycles. The minimum atomic E-state index is -1.05. The molecule has 0 spiro atoms. The lowest BCUT2D eigenvalue weighted by atomic mass is 9.91. The zero-order valence-electron chi connectivity index (χ0n) is 21.5. The summed E-state index contributed by atoms with van der Waals surface area (Å²) in [5.74, 6) is -0.966. The normalized spacial score (nSPS) is 14.0. The number of hydrogen-bond acceptors (Lipinski definition) is 7. The molecule has 0 unspecified atom stereocenters. The number of nitrogens with two attached hydrogens (primary N) is 1. The number of nitrogens with zero attached hydrogens (tertiary/aromatic N) is 4. The van der Waals surface area contributed by atoms with Crippen molar-refractivity contribution in [2.75, 3.05) is 18.0 Å². The van der Waals surface area contributed by atoms with Crippen LogP contribution in [-0.2, 0) is 11.2 Å². The number of benzene rings is 2. The zero-order chi connectivity index (χ0) is 28.3. The lowest BCUT2D eigenvalue weighted by molar-refractivity contribution is 0.0809. The van der Waals surface area contributed by atoms with Crippen molar-refractivity contribution in [2.24, 2.45) is 5.73 Å². The Bertz CT molecular complexity index is 1500. The number of primary amides is 1. The summed E-state index contributed by atoms with van der Waals surface area (Å²) in [6.07, 6.45) is 0.0226. The molecule has 1 fully saturated rings. The number of aliphatic hydroxyl groups is 1. The Balaban J connectivity index is 1.84. The lowest BCUT2D eigenvalue weighted by Gasteiger charge is -2.32. The summed E-state index contributed by atoms with van der Waals surface area (Å²) in [5.41, 5.74) is 5.35. The van der Waals surface area contributed by atoms with Crippen LogP contribution in [0.4, 0.5) is 19.4 Å². The fourth-order valence-corrected chi connectivity index (χ4v) is 4.75. The molecule has 0 aliphatic carbocycles. The quantitative estimate of drug-likeness (QED) is 0.466. The lowest BCUT2D eigenvalue weighted by Crippen LogP contribution is -2.39. The molecule has 10 heteroatoms. The Labute approximate surface area is 224 Å². The molecule has 1 aliphatic rings. The third-order valence-corrected chi connectivity index (χ3v) is 6.48. The molecule has 3 N–H and O–H groups in total. The fraction of sp³-hybridized carbons (Fsp3) is 0.310. The molecule has 0 radical (unpaired) electrons. The van der Waals surface area contributed by atoms with Gasteiger partial charge in [-0.3, -0.25) is 0 Å². The summed E-state index contributed by atoms with van der Waals surface area (Å²) in [4.78, 5) is 17.8. The molecule has 4 rings (SSSR count).